The van der Waals surface area contributed by atoms with Gasteiger partial charge in [-0.05, 0) is 24.4 Å². The average molecular weight is 286 g/mol. The van der Waals surface area contributed by atoms with E-state index in [0.717, 1.165) is 16.1 Å². The molecule has 5 nitrogen and oxygen atoms in total. The third-order valence-corrected chi connectivity index (χ3v) is 3.35. The van der Waals surface area contributed by atoms with Gasteiger partial charge in [0, 0.05) is 23.2 Å². The molecular weight excluding hydrogens is 272 g/mol. The number of anilines is 1. The molecule has 0 aliphatic rings. The number of hydrazone groups is 1. The third-order valence-electron chi connectivity index (χ3n) is 2.55. The number of pyridine rings is 1. The van der Waals surface area contributed by atoms with Crippen molar-refractivity contribution >= 4 is 23.4 Å². The molecule has 0 saturated heterocycles. The summed E-state index contributed by atoms with van der Waals surface area (Å²) in [6.45, 7) is 2.24. The molecule has 2 rings (SSSR count). The van der Waals surface area contributed by atoms with Gasteiger partial charge in [-0.1, -0.05) is 6.07 Å². The van der Waals surface area contributed by atoms with E-state index >= 15 is 0 Å². The summed E-state index contributed by atoms with van der Waals surface area (Å²) in [5, 5.41) is 15.4. The second kappa shape index (κ2) is 6.80. The molecule has 6 heteroatoms. The fourth-order valence-corrected chi connectivity index (χ4v) is 2.32. The van der Waals surface area contributed by atoms with E-state index < -0.39 is 0 Å². The Hall–Kier alpha value is -2.23. The second-order valence-electron chi connectivity index (χ2n) is 4.08. The lowest BCUT2D eigenvalue weighted by Crippen LogP contribution is -2.03. The molecule has 1 N–H and O–H groups in total. The van der Waals surface area contributed by atoms with Gasteiger partial charge in [0.1, 0.15) is 11.6 Å². The Balaban J connectivity index is 2.24. The summed E-state index contributed by atoms with van der Waals surface area (Å²) in [7, 11) is 1.60. The Morgan fingerprint density at radius 3 is 3.10 bits per heavy atom. The van der Waals surface area contributed by atoms with Gasteiger partial charge in [-0.2, -0.15) is 10.4 Å². The van der Waals surface area contributed by atoms with Crippen LogP contribution in [0.3, 0.4) is 0 Å². The smallest absolute Gasteiger partial charge is 0.164 e. The molecule has 0 aliphatic carbocycles. The zero-order valence-electron chi connectivity index (χ0n) is 11.3. The van der Waals surface area contributed by atoms with E-state index in [9.17, 15) is 5.26 Å². The quantitative estimate of drug-likeness (QED) is 0.677. The highest BCUT2D eigenvalue weighted by molar-refractivity contribution is 7.11. The number of nitriles is 1. The summed E-state index contributed by atoms with van der Waals surface area (Å²) < 4.78 is 5.10. The first-order chi connectivity index (χ1) is 9.74. The van der Waals surface area contributed by atoms with E-state index in [0.29, 0.717) is 18.0 Å². The van der Waals surface area contributed by atoms with Crippen LogP contribution in [-0.4, -0.2) is 18.3 Å². The highest BCUT2D eigenvalue weighted by atomic mass is 32.1. The van der Waals surface area contributed by atoms with E-state index in [-0.39, 0.29) is 0 Å². The lowest BCUT2D eigenvalue weighted by molar-refractivity contribution is 0.184. The first-order valence-electron chi connectivity index (χ1n) is 5.96. The number of nitrogens with one attached hydrogen (secondary N) is 1. The van der Waals surface area contributed by atoms with Crippen molar-refractivity contribution in [3.8, 4) is 6.07 Å². The summed E-state index contributed by atoms with van der Waals surface area (Å²) in [5.41, 5.74) is 4.90. The van der Waals surface area contributed by atoms with Crippen LogP contribution < -0.4 is 5.43 Å². The van der Waals surface area contributed by atoms with Gasteiger partial charge in [-0.3, -0.25) is 5.43 Å². The lowest BCUT2D eigenvalue weighted by Gasteiger charge is -2.08. The van der Waals surface area contributed by atoms with Crippen molar-refractivity contribution in [2.24, 2.45) is 5.10 Å². The number of methoxy groups -OCH3 is 1. The molecule has 0 spiro atoms. The molecule has 102 valence electrons. The molecule has 2 aromatic rings. The minimum atomic E-state index is 0.371. The molecule has 0 radical (unpaired) electrons. The lowest BCUT2D eigenvalue weighted by atomic mass is 10.1. The molecule has 0 unspecified atom stereocenters. The van der Waals surface area contributed by atoms with Crippen molar-refractivity contribution in [1.29, 1.82) is 5.26 Å². The van der Waals surface area contributed by atoms with Crippen molar-refractivity contribution in [1.82, 2.24) is 4.98 Å². The Bertz CT molecular complexity index is 644. The Morgan fingerprint density at radius 2 is 2.45 bits per heavy atom. The fourth-order valence-electron chi connectivity index (χ4n) is 1.74. The highest BCUT2D eigenvalue weighted by Crippen LogP contribution is 2.19. The number of rotatable bonds is 5. The minimum Gasteiger partial charge on any atom is -0.380 e. The molecule has 2 heterocycles. The minimum absolute atomic E-state index is 0.371. The highest BCUT2D eigenvalue weighted by Gasteiger charge is 2.10. The second-order valence-corrected chi connectivity index (χ2v) is 5.06. The number of aromatic nitrogens is 1. The van der Waals surface area contributed by atoms with Crippen LogP contribution in [0.2, 0.25) is 0 Å². The average Bonchev–Trinajstić information content (AvgIpc) is 2.92. The van der Waals surface area contributed by atoms with Crippen molar-refractivity contribution in [2.75, 3.05) is 12.5 Å². The number of nitrogens with zero attached hydrogens (tertiary/aromatic N) is 3. The van der Waals surface area contributed by atoms with Gasteiger partial charge in [0.2, 0.25) is 0 Å². The van der Waals surface area contributed by atoms with Gasteiger partial charge < -0.3 is 4.74 Å². The van der Waals surface area contributed by atoms with Crippen molar-refractivity contribution < 1.29 is 4.74 Å². The van der Waals surface area contributed by atoms with Crippen molar-refractivity contribution in [2.45, 2.75) is 13.5 Å². The molecule has 0 amide bonds. The zero-order valence-corrected chi connectivity index (χ0v) is 12.1. The summed E-state index contributed by atoms with van der Waals surface area (Å²) in [6.07, 6.45) is 1.70. The van der Waals surface area contributed by atoms with Crippen molar-refractivity contribution in [3.63, 3.8) is 0 Å². The molecule has 0 bridgehead atoms. The molecule has 0 atom stereocenters. The van der Waals surface area contributed by atoms with Gasteiger partial charge in [0.25, 0.3) is 0 Å². The molecule has 2 aromatic heterocycles. The van der Waals surface area contributed by atoms with Gasteiger partial charge in [-0.15, -0.1) is 11.3 Å². The fraction of sp³-hybridized carbons (Fsp3) is 0.214. The van der Waals surface area contributed by atoms with Gasteiger partial charge in [-0.25, -0.2) is 4.98 Å². The maximum Gasteiger partial charge on any atom is 0.164 e. The predicted octanol–water partition coefficient (Wildman–Crippen LogP) is 2.92. The van der Waals surface area contributed by atoms with E-state index in [2.05, 4.69) is 21.6 Å². The van der Waals surface area contributed by atoms with Crippen LogP contribution in [0.15, 0.2) is 28.7 Å². The molecule has 0 aromatic carbocycles. The summed E-state index contributed by atoms with van der Waals surface area (Å²) in [4.78, 5) is 5.33. The Labute approximate surface area is 121 Å². The number of aryl methyl sites for hydroxylation is 1. The normalized spacial score (nSPS) is 10.7. The summed E-state index contributed by atoms with van der Waals surface area (Å²) >= 11 is 1.59. The Kier molecular flexibility index (Phi) is 4.82. The number of hydrogen-bond acceptors (Lipinski definition) is 6. The molecular formula is C14H14N4OS. The van der Waals surface area contributed by atoms with Crippen LogP contribution in [0.25, 0.3) is 0 Å². The number of ether oxygens (including phenoxy) is 1. The molecule has 0 aliphatic heterocycles. The van der Waals surface area contributed by atoms with E-state index in [1.54, 1.807) is 24.7 Å². The number of hydrogen-bond donors (Lipinski definition) is 1. The van der Waals surface area contributed by atoms with Crippen LogP contribution >= 0.6 is 11.3 Å². The molecule has 20 heavy (non-hydrogen) atoms. The van der Waals surface area contributed by atoms with Crippen LogP contribution in [0.1, 0.15) is 21.7 Å². The van der Waals surface area contributed by atoms with Gasteiger partial charge >= 0.3 is 0 Å². The summed E-state index contributed by atoms with van der Waals surface area (Å²) in [5.74, 6) is 0.451. The maximum atomic E-state index is 9.26. The predicted molar refractivity (Wildman–Crippen MR) is 79.9 cm³/mol. The van der Waals surface area contributed by atoms with E-state index in [1.807, 2.05) is 30.5 Å². The first-order valence-corrected chi connectivity index (χ1v) is 6.84. The standard InChI is InChI=1S/C14H14N4OS/c1-10-6-11(9-19-2)13(7-15)14(17-10)18-16-8-12-4-3-5-20-12/h3-6,8H,9H2,1-2H3,(H,17,18). The largest absolute Gasteiger partial charge is 0.380 e. The van der Waals surface area contributed by atoms with Crippen LogP contribution in [-0.2, 0) is 11.3 Å². The molecule has 0 saturated carbocycles. The van der Waals surface area contributed by atoms with Crippen LogP contribution in [0, 0.1) is 18.3 Å². The van der Waals surface area contributed by atoms with Crippen LogP contribution in [0.4, 0.5) is 5.82 Å². The van der Waals surface area contributed by atoms with Gasteiger partial charge in [0.15, 0.2) is 5.82 Å². The monoisotopic (exact) mass is 286 g/mol. The third kappa shape index (κ3) is 3.41. The number of thiophene rings is 1. The van der Waals surface area contributed by atoms with E-state index in [4.69, 9.17) is 4.74 Å². The zero-order chi connectivity index (χ0) is 14.4. The SMILES string of the molecule is COCc1cc(C)nc(NN=Cc2cccs2)c1C#N. The van der Waals surface area contributed by atoms with Crippen molar-refractivity contribution in [3.05, 3.63) is 45.3 Å². The topological polar surface area (TPSA) is 70.3 Å². The van der Waals surface area contributed by atoms with Gasteiger partial charge in [0.05, 0.1) is 12.8 Å². The maximum absolute atomic E-state index is 9.26. The first kappa shape index (κ1) is 14.2. The summed E-state index contributed by atoms with van der Waals surface area (Å²) in [6, 6.07) is 7.90. The Morgan fingerprint density at radius 1 is 1.60 bits per heavy atom. The molecule has 0 fully saturated rings. The van der Waals surface area contributed by atoms with Crippen LogP contribution in [0.5, 0.6) is 0 Å². The van der Waals surface area contributed by atoms with E-state index in [1.165, 1.54) is 0 Å².